The SMILES string of the molecule is Nc1ccc(N=Nc2cc(S(=O)(=O)O)c3cc(S(=O)(=O)O)c(N=Nc4ccc(-c5ccc(N=Nc6ccc([O-])cc6)cc5)cc4)c([O-])c3c2N)cc1.[Na+].[Na+]. The molecule has 0 saturated carbocycles. The molecule has 262 valence electrons. The second-order valence-corrected chi connectivity index (χ2v) is 13.8. The van der Waals surface area contributed by atoms with Crippen LogP contribution in [0, 0.1) is 0 Å². The summed E-state index contributed by atoms with van der Waals surface area (Å²) in [4.78, 5) is -2.00. The van der Waals surface area contributed by atoms with Crippen LogP contribution in [0.5, 0.6) is 11.5 Å². The molecule has 20 heteroatoms. The largest absolute Gasteiger partial charge is 1.00 e. The van der Waals surface area contributed by atoms with Crippen LogP contribution in [-0.2, 0) is 20.2 Å². The van der Waals surface area contributed by atoms with E-state index in [1.165, 1.54) is 48.5 Å². The van der Waals surface area contributed by atoms with E-state index in [4.69, 9.17) is 11.5 Å². The van der Waals surface area contributed by atoms with Crippen LogP contribution in [0.3, 0.4) is 0 Å². The number of nitrogen functional groups attached to an aromatic ring is 2. The van der Waals surface area contributed by atoms with Crippen LogP contribution in [-0.4, -0.2) is 25.9 Å². The molecule has 0 saturated heterocycles. The molecular weight excluding hydrogens is 759 g/mol. The Morgan fingerprint density at radius 3 is 1.39 bits per heavy atom. The molecular formula is C34H24N8Na2O8S2. The first kappa shape index (κ1) is 42.1. The van der Waals surface area contributed by atoms with Crippen molar-refractivity contribution in [3.8, 4) is 22.6 Å². The molecule has 0 radical (unpaired) electrons. The van der Waals surface area contributed by atoms with Gasteiger partial charge in [-0.05, 0) is 83.9 Å². The number of rotatable bonds is 9. The van der Waals surface area contributed by atoms with Crippen molar-refractivity contribution < 1.29 is 95.3 Å². The van der Waals surface area contributed by atoms with Crippen LogP contribution >= 0.6 is 0 Å². The monoisotopic (exact) mass is 782 g/mol. The number of anilines is 2. The van der Waals surface area contributed by atoms with Crippen LogP contribution in [0.1, 0.15) is 0 Å². The second kappa shape index (κ2) is 17.2. The first-order valence-corrected chi connectivity index (χ1v) is 17.7. The fourth-order valence-corrected chi connectivity index (χ4v) is 6.25. The van der Waals surface area contributed by atoms with Gasteiger partial charge >= 0.3 is 59.1 Å². The summed E-state index contributed by atoms with van der Waals surface area (Å²) in [6, 6.07) is 27.0. The van der Waals surface area contributed by atoms with E-state index in [9.17, 15) is 36.2 Å². The zero-order valence-electron chi connectivity index (χ0n) is 28.4. The van der Waals surface area contributed by atoms with Gasteiger partial charge in [0.1, 0.15) is 15.5 Å². The summed E-state index contributed by atoms with van der Waals surface area (Å²) < 4.78 is 69.6. The molecule has 6 aromatic carbocycles. The minimum atomic E-state index is -5.21. The molecule has 0 bridgehead atoms. The summed E-state index contributed by atoms with van der Waals surface area (Å²) in [7, 11) is -10.3. The van der Waals surface area contributed by atoms with Gasteiger partial charge in [-0.1, -0.05) is 42.1 Å². The predicted molar refractivity (Wildman–Crippen MR) is 189 cm³/mol. The number of hydrogen-bond donors (Lipinski definition) is 4. The van der Waals surface area contributed by atoms with Crippen LogP contribution in [0.2, 0.25) is 0 Å². The van der Waals surface area contributed by atoms with Crippen LogP contribution < -0.4 is 80.8 Å². The van der Waals surface area contributed by atoms with Crippen LogP contribution in [0.4, 0.5) is 45.5 Å². The third-order valence-corrected chi connectivity index (χ3v) is 9.23. The maximum Gasteiger partial charge on any atom is 1.00 e. The molecule has 6 rings (SSSR count). The van der Waals surface area contributed by atoms with Crippen molar-refractivity contribution in [3.63, 3.8) is 0 Å². The van der Waals surface area contributed by atoms with Gasteiger partial charge in [-0.25, -0.2) is 0 Å². The minimum Gasteiger partial charge on any atom is -0.872 e. The van der Waals surface area contributed by atoms with Crippen molar-refractivity contribution in [1.29, 1.82) is 0 Å². The fourth-order valence-electron chi connectivity index (χ4n) is 4.91. The van der Waals surface area contributed by atoms with Gasteiger partial charge in [0.25, 0.3) is 20.2 Å². The average Bonchev–Trinajstić information content (AvgIpc) is 3.10. The van der Waals surface area contributed by atoms with Gasteiger partial charge < -0.3 is 21.7 Å². The Bertz CT molecular complexity index is 2640. The van der Waals surface area contributed by atoms with Gasteiger partial charge in [0.05, 0.1) is 34.1 Å². The number of azo groups is 3. The van der Waals surface area contributed by atoms with Crippen molar-refractivity contribution in [2.75, 3.05) is 11.5 Å². The van der Waals surface area contributed by atoms with E-state index >= 15 is 0 Å². The van der Waals surface area contributed by atoms with E-state index in [-0.39, 0.29) is 81.9 Å². The average molecular weight is 783 g/mol. The third-order valence-electron chi connectivity index (χ3n) is 7.47. The zero-order valence-corrected chi connectivity index (χ0v) is 34.0. The topological polar surface area (TPSA) is 281 Å². The number of fused-ring (bicyclic) bond motifs is 1. The number of nitrogens with zero attached hydrogens (tertiary/aromatic N) is 6. The quantitative estimate of drug-likeness (QED) is 0.0711. The normalized spacial score (nSPS) is 12.0. The van der Waals surface area contributed by atoms with Gasteiger partial charge in [-0.15, -0.1) is 16.0 Å². The van der Waals surface area contributed by atoms with E-state index in [2.05, 4.69) is 30.7 Å². The van der Waals surface area contributed by atoms with E-state index < -0.39 is 57.9 Å². The molecule has 0 amide bonds. The van der Waals surface area contributed by atoms with Gasteiger partial charge in [-0.3, -0.25) is 9.11 Å². The van der Waals surface area contributed by atoms with Gasteiger partial charge in [0.2, 0.25) is 0 Å². The molecule has 0 atom stereocenters. The third kappa shape index (κ3) is 9.73. The Hall–Kier alpha value is -4.60. The Morgan fingerprint density at radius 2 is 0.926 bits per heavy atom. The van der Waals surface area contributed by atoms with Crippen molar-refractivity contribution in [3.05, 3.63) is 109 Å². The Balaban J connectivity index is 0.00000325. The molecule has 0 aliphatic heterocycles. The first-order valence-electron chi connectivity index (χ1n) is 14.8. The molecule has 16 nitrogen and oxygen atoms in total. The zero-order chi connectivity index (χ0) is 37.2. The van der Waals surface area contributed by atoms with Crippen LogP contribution in [0.25, 0.3) is 21.9 Å². The summed E-state index contributed by atoms with van der Waals surface area (Å²) in [5.74, 6) is -1.36. The minimum absolute atomic E-state index is 0. The summed E-state index contributed by atoms with van der Waals surface area (Å²) in [6.45, 7) is 0. The molecule has 54 heavy (non-hydrogen) atoms. The molecule has 0 aliphatic rings. The molecule has 0 fully saturated rings. The molecule has 0 unspecified atom stereocenters. The number of nitrogens with two attached hydrogens (primary N) is 2. The molecule has 6 aromatic rings. The smallest absolute Gasteiger partial charge is 0.872 e. The first-order chi connectivity index (χ1) is 24.7. The Labute approximate surface area is 352 Å². The van der Waals surface area contributed by atoms with Gasteiger partial charge in [0, 0.05) is 16.5 Å². The van der Waals surface area contributed by atoms with Crippen molar-refractivity contribution in [2.24, 2.45) is 30.7 Å². The molecule has 0 spiro atoms. The second-order valence-electron chi connectivity index (χ2n) is 11.0. The van der Waals surface area contributed by atoms with E-state index in [1.807, 2.05) is 0 Å². The van der Waals surface area contributed by atoms with E-state index in [1.54, 1.807) is 48.5 Å². The van der Waals surface area contributed by atoms with Crippen molar-refractivity contribution >= 4 is 76.5 Å². The number of hydrogen-bond acceptors (Lipinski definition) is 14. The van der Waals surface area contributed by atoms with Gasteiger partial charge in [0.15, 0.2) is 0 Å². The summed E-state index contributed by atoms with van der Waals surface area (Å²) >= 11 is 0. The fraction of sp³-hybridized carbons (Fsp3) is 0. The predicted octanol–water partition coefficient (Wildman–Crippen LogP) is 1.57. The summed E-state index contributed by atoms with van der Waals surface area (Å²) in [6.07, 6.45) is 0. The molecule has 6 N–H and O–H groups in total. The molecule has 0 heterocycles. The Kier molecular flexibility index (Phi) is 13.5. The number of benzene rings is 6. The molecule has 0 aromatic heterocycles. The van der Waals surface area contributed by atoms with E-state index in [0.717, 1.165) is 17.2 Å². The van der Waals surface area contributed by atoms with E-state index in [0.29, 0.717) is 23.1 Å². The molecule has 0 aliphatic carbocycles. The van der Waals surface area contributed by atoms with Crippen molar-refractivity contribution in [2.45, 2.75) is 9.79 Å². The summed E-state index contributed by atoms with van der Waals surface area (Å²) in [5, 5.41) is 47.8. The summed E-state index contributed by atoms with van der Waals surface area (Å²) in [5.41, 5.74) is 13.8. The maximum atomic E-state index is 13.8. The maximum absolute atomic E-state index is 13.8. The van der Waals surface area contributed by atoms with Crippen molar-refractivity contribution in [1.82, 2.24) is 0 Å². The standard InChI is InChI=1S/C34H26N8O8S2.2Na/c35-21-5-11-24(12-6-21)39-41-28-18-29(51(45,46)47)27-17-30(52(48,49)50)33(34(44)31(27)32(28)36)42-40-23-9-3-20(4-10-23)19-1-7-22(8-2-19)37-38-25-13-15-26(43)16-14-25;;/h1-18,43-44H,35-36H2,(H,45,46,47)(H,48,49,50);;/q;2*+1/p-2. The van der Waals surface area contributed by atoms with Gasteiger partial charge in [-0.2, -0.15) is 37.3 Å². The van der Waals surface area contributed by atoms with Crippen LogP contribution in [0.15, 0.2) is 150 Å². The Morgan fingerprint density at radius 1 is 0.519 bits per heavy atom.